The highest BCUT2D eigenvalue weighted by molar-refractivity contribution is 7.89. The van der Waals surface area contributed by atoms with Gasteiger partial charge in [-0.25, -0.2) is 8.42 Å². The lowest BCUT2D eigenvalue weighted by Gasteiger charge is -2.31. The van der Waals surface area contributed by atoms with E-state index in [1.165, 1.54) is 29.6 Å². The number of rotatable bonds is 8. The number of phenolic OH excluding ortho intramolecular Hbond substituents is 1. The number of aromatic hydroxyl groups is 1. The van der Waals surface area contributed by atoms with Gasteiger partial charge in [-0.15, -0.1) is 0 Å². The lowest BCUT2D eigenvalue weighted by molar-refractivity contribution is 0.0750. The third-order valence-electron chi connectivity index (χ3n) is 6.83. The third kappa shape index (κ3) is 8.58. The summed E-state index contributed by atoms with van der Waals surface area (Å²) in [6.07, 6.45) is 4.91. The average Bonchev–Trinajstić information content (AvgIpc) is 2.90. The SMILES string of the molecule is COc1ccc(S(=O)(=O)N(CC(C)C)CC(O)C2CCCCCCCCOc3c(O)cccc3C(=O)N2)cc1. The van der Waals surface area contributed by atoms with E-state index < -0.39 is 28.1 Å². The highest BCUT2D eigenvalue weighted by Crippen LogP contribution is 2.31. The predicted octanol–water partition coefficient (Wildman–Crippen LogP) is 4.33. The monoisotopic (exact) mass is 562 g/mol. The van der Waals surface area contributed by atoms with Crippen molar-refractivity contribution < 1.29 is 32.9 Å². The molecule has 0 bridgehead atoms. The predicted molar refractivity (Wildman–Crippen MR) is 150 cm³/mol. The second kappa shape index (κ2) is 14.5. The Bertz CT molecular complexity index is 1170. The van der Waals surface area contributed by atoms with Crippen molar-refractivity contribution in [2.75, 3.05) is 26.8 Å². The minimum Gasteiger partial charge on any atom is -0.504 e. The van der Waals surface area contributed by atoms with Crippen LogP contribution in [0.15, 0.2) is 47.4 Å². The zero-order valence-corrected chi connectivity index (χ0v) is 24.0. The summed E-state index contributed by atoms with van der Waals surface area (Å²) in [4.78, 5) is 13.4. The van der Waals surface area contributed by atoms with Gasteiger partial charge >= 0.3 is 0 Å². The zero-order chi connectivity index (χ0) is 28.4. The summed E-state index contributed by atoms with van der Waals surface area (Å²) >= 11 is 0. The molecule has 1 amide bonds. The maximum absolute atomic E-state index is 13.6. The van der Waals surface area contributed by atoms with Gasteiger partial charge in [-0.1, -0.05) is 52.0 Å². The molecule has 1 aliphatic rings. The number of phenols is 1. The molecular weight excluding hydrogens is 520 g/mol. The van der Waals surface area contributed by atoms with E-state index >= 15 is 0 Å². The normalized spacial score (nSPS) is 18.5. The van der Waals surface area contributed by atoms with Gasteiger partial charge in [-0.05, 0) is 55.2 Å². The fraction of sp³-hybridized carbons (Fsp3) is 0.552. The number of para-hydroxylation sites is 1. The molecule has 3 rings (SSSR count). The average molecular weight is 563 g/mol. The van der Waals surface area contributed by atoms with E-state index in [1.54, 1.807) is 24.3 Å². The molecule has 2 aromatic carbocycles. The quantitative estimate of drug-likeness (QED) is 0.437. The van der Waals surface area contributed by atoms with Crippen LogP contribution in [0.5, 0.6) is 17.2 Å². The van der Waals surface area contributed by atoms with Crippen molar-refractivity contribution in [3.8, 4) is 17.2 Å². The Morgan fingerprint density at radius 1 is 1.03 bits per heavy atom. The zero-order valence-electron chi connectivity index (χ0n) is 23.1. The summed E-state index contributed by atoms with van der Waals surface area (Å²) in [6, 6.07) is 10.1. The largest absolute Gasteiger partial charge is 0.504 e. The summed E-state index contributed by atoms with van der Waals surface area (Å²) in [5, 5.41) is 24.6. The van der Waals surface area contributed by atoms with E-state index in [0.717, 1.165) is 38.5 Å². The van der Waals surface area contributed by atoms with Crippen molar-refractivity contribution in [3.05, 3.63) is 48.0 Å². The Morgan fingerprint density at radius 2 is 1.69 bits per heavy atom. The maximum Gasteiger partial charge on any atom is 0.255 e. The number of amides is 1. The molecule has 3 N–H and O–H groups in total. The van der Waals surface area contributed by atoms with Crippen LogP contribution in [0, 0.1) is 5.92 Å². The van der Waals surface area contributed by atoms with Crippen LogP contribution in [0.1, 0.15) is 69.2 Å². The summed E-state index contributed by atoms with van der Waals surface area (Å²) in [6.45, 7) is 4.24. The molecule has 2 unspecified atom stereocenters. The van der Waals surface area contributed by atoms with E-state index in [9.17, 15) is 23.4 Å². The van der Waals surface area contributed by atoms with Crippen LogP contribution in [-0.2, 0) is 10.0 Å². The molecule has 0 aromatic heterocycles. The fourth-order valence-electron chi connectivity index (χ4n) is 4.72. The van der Waals surface area contributed by atoms with Crippen molar-refractivity contribution in [3.63, 3.8) is 0 Å². The molecule has 9 nitrogen and oxygen atoms in total. The molecular formula is C29H42N2O7S. The molecule has 0 radical (unpaired) electrons. The van der Waals surface area contributed by atoms with E-state index in [-0.39, 0.29) is 41.0 Å². The maximum atomic E-state index is 13.6. The van der Waals surface area contributed by atoms with Crippen LogP contribution >= 0.6 is 0 Å². The number of hydrogen-bond donors (Lipinski definition) is 3. The number of carbonyl (C=O) groups is 1. The number of aliphatic hydroxyl groups excluding tert-OH is 1. The minimum atomic E-state index is -3.92. The van der Waals surface area contributed by atoms with Gasteiger partial charge in [-0.2, -0.15) is 4.31 Å². The number of benzene rings is 2. The Morgan fingerprint density at radius 3 is 2.36 bits per heavy atom. The van der Waals surface area contributed by atoms with Crippen LogP contribution in [0.25, 0.3) is 0 Å². The highest BCUT2D eigenvalue weighted by atomic mass is 32.2. The van der Waals surface area contributed by atoms with Crippen molar-refractivity contribution in [2.45, 2.75) is 75.8 Å². The molecule has 0 saturated carbocycles. The summed E-state index contributed by atoms with van der Waals surface area (Å²) in [7, 11) is -2.41. The van der Waals surface area contributed by atoms with E-state index in [0.29, 0.717) is 18.8 Å². The Kier molecular flexibility index (Phi) is 11.4. The van der Waals surface area contributed by atoms with E-state index in [2.05, 4.69) is 5.32 Å². The first kappa shape index (κ1) is 30.7. The molecule has 2 aromatic rings. The minimum absolute atomic E-state index is 0.0100. The molecule has 216 valence electrons. The number of nitrogens with one attached hydrogen (secondary N) is 1. The molecule has 0 spiro atoms. The van der Waals surface area contributed by atoms with Crippen LogP contribution in [0.4, 0.5) is 0 Å². The molecule has 2 atom stereocenters. The van der Waals surface area contributed by atoms with Gasteiger partial charge in [0.25, 0.3) is 5.91 Å². The smallest absolute Gasteiger partial charge is 0.255 e. The number of hydrogen-bond acceptors (Lipinski definition) is 7. The van der Waals surface area contributed by atoms with Gasteiger partial charge in [-0.3, -0.25) is 4.79 Å². The number of methoxy groups -OCH3 is 1. The Hall–Kier alpha value is -2.82. The molecule has 1 aliphatic heterocycles. The number of aliphatic hydroxyl groups is 1. The van der Waals surface area contributed by atoms with Gasteiger partial charge in [0.1, 0.15) is 5.75 Å². The topological polar surface area (TPSA) is 125 Å². The first-order chi connectivity index (χ1) is 18.6. The first-order valence-electron chi connectivity index (χ1n) is 13.7. The summed E-state index contributed by atoms with van der Waals surface area (Å²) in [5.41, 5.74) is 0.175. The van der Waals surface area contributed by atoms with Crippen molar-refractivity contribution in [1.29, 1.82) is 0 Å². The lowest BCUT2D eigenvalue weighted by atomic mass is 10.0. The molecule has 39 heavy (non-hydrogen) atoms. The number of fused-ring (bicyclic) bond motifs is 1. The van der Waals surface area contributed by atoms with E-state index in [1.807, 2.05) is 13.8 Å². The molecule has 1 heterocycles. The second-order valence-electron chi connectivity index (χ2n) is 10.5. The number of nitrogens with zero attached hydrogens (tertiary/aromatic N) is 1. The van der Waals surface area contributed by atoms with Crippen molar-refractivity contribution in [2.24, 2.45) is 5.92 Å². The summed E-state index contributed by atoms with van der Waals surface area (Å²) < 4.78 is 39.4. The van der Waals surface area contributed by atoms with E-state index in [4.69, 9.17) is 9.47 Å². The molecule has 0 aliphatic carbocycles. The van der Waals surface area contributed by atoms with Crippen LogP contribution in [0.3, 0.4) is 0 Å². The number of sulfonamides is 1. The Labute approximate surface area is 232 Å². The van der Waals surface area contributed by atoms with Crippen molar-refractivity contribution >= 4 is 15.9 Å². The van der Waals surface area contributed by atoms with Crippen LogP contribution in [0.2, 0.25) is 0 Å². The van der Waals surface area contributed by atoms with Crippen LogP contribution < -0.4 is 14.8 Å². The third-order valence-corrected chi connectivity index (χ3v) is 8.68. The number of ether oxygens (including phenoxy) is 2. The van der Waals surface area contributed by atoms with Gasteiger partial charge < -0.3 is 25.0 Å². The molecule has 0 saturated heterocycles. The van der Waals surface area contributed by atoms with Gasteiger partial charge in [0.2, 0.25) is 10.0 Å². The second-order valence-corrected chi connectivity index (χ2v) is 12.4. The Balaban J connectivity index is 1.86. The highest BCUT2D eigenvalue weighted by Gasteiger charge is 2.32. The standard InChI is InChI=1S/C29H42N2O7S/c1-21(2)19-31(39(35,36)23-16-14-22(37-3)15-17-23)20-27(33)25-12-8-6-4-5-7-9-18-38-28-24(29(34)30-25)11-10-13-26(28)32/h10-11,13-17,21,25,27,32-33H,4-9,12,18-20H2,1-3H3,(H,30,34). The fourth-order valence-corrected chi connectivity index (χ4v) is 6.34. The lowest BCUT2D eigenvalue weighted by Crippen LogP contribution is -2.50. The molecule has 0 fully saturated rings. The summed E-state index contributed by atoms with van der Waals surface area (Å²) in [5.74, 6) is 0.0534. The molecule has 10 heteroatoms. The van der Waals surface area contributed by atoms with Gasteiger partial charge in [0.15, 0.2) is 11.5 Å². The van der Waals surface area contributed by atoms with Crippen LogP contribution in [-0.4, -0.2) is 67.8 Å². The number of carbonyl (C=O) groups excluding carboxylic acids is 1. The van der Waals surface area contributed by atoms with Gasteiger partial charge in [0.05, 0.1) is 36.3 Å². The van der Waals surface area contributed by atoms with Crippen molar-refractivity contribution in [1.82, 2.24) is 9.62 Å². The van der Waals surface area contributed by atoms with Gasteiger partial charge in [0, 0.05) is 13.1 Å². The first-order valence-corrected chi connectivity index (χ1v) is 15.2.